The van der Waals surface area contributed by atoms with Gasteiger partial charge in [-0.1, -0.05) is 31.1 Å². The van der Waals surface area contributed by atoms with Gasteiger partial charge in [0.1, 0.15) is 5.75 Å². The number of nitrogens with one attached hydrogen (secondary N) is 2. The van der Waals surface area contributed by atoms with Crippen LogP contribution >= 0.6 is 0 Å². The summed E-state index contributed by atoms with van der Waals surface area (Å²) in [6, 6.07) is 4.70. The van der Waals surface area contributed by atoms with Crippen molar-refractivity contribution < 1.29 is 27.5 Å². The number of aromatic nitrogens is 2. The Hall–Kier alpha value is -4.46. The van der Waals surface area contributed by atoms with Crippen molar-refractivity contribution in [2.75, 3.05) is 14.2 Å². The van der Waals surface area contributed by atoms with Gasteiger partial charge in [0.15, 0.2) is 0 Å². The number of hydrogen-bond acceptors (Lipinski definition) is 4. The van der Waals surface area contributed by atoms with Crippen LogP contribution in [0.5, 0.6) is 5.75 Å². The fourth-order valence-corrected chi connectivity index (χ4v) is 3.49. The average molecular weight is 530 g/mol. The SMILES string of the molecule is C=CNC(=O)NC(C)C#C/C(C)=C/c1c(C=C)nc(C(F)(F)F)n1C.COc1ccc2c(c1)C(=O)N(C)C2. The van der Waals surface area contributed by atoms with Gasteiger partial charge in [-0.15, -0.1) is 0 Å². The van der Waals surface area contributed by atoms with Crippen molar-refractivity contribution in [1.29, 1.82) is 0 Å². The van der Waals surface area contributed by atoms with E-state index in [1.54, 1.807) is 39.0 Å². The largest absolute Gasteiger partial charge is 0.497 e. The molecule has 202 valence electrons. The van der Waals surface area contributed by atoms with Crippen LogP contribution in [0.3, 0.4) is 0 Å². The van der Waals surface area contributed by atoms with E-state index in [1.165, 1.54) is 25.4 Å². The molecule has 3 amide bonds. The molecule has 0 saturated heterocycles. The third-order valence-electron chi connectivity index (χ3n) is 5.34. The maximum atomic E-state index is 12.9. The molecule has 0 radical (unpaired) electrons. The van der Waals surface area contributed by atoms with E-state index in [2.05, 4.69) is 40.6 Å². The molecule has 0 aliphatic carbocycles. The van der Waals surface area contributed by atoms with Crippen LogP contribution in [-0.4, -0.2) is 46.6 Å². The molecule has 1 aromatic carbocycles. The number of nitrogens with zero attached hydrogens (tertiary/aromatic N) is 3. The summed E-state index contributed by atoms with van der Waals surface area (Å²) in [5.41, 5.74) is 2.72. The van der Waals surface area contributed by atoms with E-state index in [-0.39, 0.29) is 17.3 Å². The predicted octanol–water partition coefficient (Wildman–Crippen LogP) is 4.60. The van der Waals surface area contributed by atoms with Gasteiger partial charge < -0.3 is 24.8 Å². The molecule has 3 rings (SSSR count). The number of benzene rings is 1. The molecule has 1 atom stereocenters. The van der Waals surface area contributed by atoms with Crippen LogP contribution in [0.1, 0.15) is 47.0 Å². The van der Waals surface area contributed by atoms with E-state index in [4.69, 9.17) is 4.74 Å². The van der Waals surface area contributed by atoms with E-state index >= 15 is 0 Å². The second-order valence-corrected chi connectivity index (χ2v) is 8.29. The Morgan fingerprint density at radius 1 is 1.29 bits per heavy atom. The Morgan fingerprint density at radius 2 is 1.97 bits per heavy atom. The number of alkyl halides is 3. The zero-order valence-electron chi connectivity index (χ0n) is 21.9. The van der Waals surface area contributed by atoms with Crippen molar-refractivity contribution in [3.05, 3.63) is 71.5 Å². The predicted molar refractivity (Wildman–Crippen MR) is 140 cm³/mol. The first kappa shape index (κ1) is 29.8. The van der Waals surface area contributed by atoms with Crippen LogP contribution in [0.2, 0.25) is 0 Å². The standard InChI is InChI=1S/C17H19F3N4O.C10H11NO2/c1-6-13-14(24(5)15(23-13)17(18,19)20)10-11(3)8-9-12(4)22-16(25)21-7-2;1-11-6-7-3-4-8(13-2)5-9(7)10(11)12/h6-7,10,12H,1-2H2,3-5H3,(H2,21,22,25);3-5H,6H2,1-2H3/b11-10+;. The quantitative estimate of drug-likeness (QED) is 0.555. The number of methoxy groups -OCH3 is 1. The van der Waals surface area contributed by atoms with Crippen LogP contribution < -0.4 is 15.4 Å². The van der Waals surface area contributed by atoms with Gasteiger partial charge in [0, 0.05) is 31.8 Å². The van der Waals surface area contributed by atoms with Crippen molar-refractivity contribution in [3.8, 4) is 17.6 Å². The van der Waals surface area contributed by atoms with Crippen LogP contribution in [0, 0.1) is 11.8 Å². The number of carbonyl (C=O) groups is 2. The third kappa shape index (κ3) is 7.52. The van der Waals surface area contributed by atoms with Gasteiger partial charge >= 0.3 is 12.2 Å². The molecule has 2 N–H and O–H groups in total. The molecule has 1 aromatic heterocycles. The maximum absolute atomic E-state index is 12.9. The molecule has 2 heterocycles. The smallest absolute Gasteiger partial charge is 0.449 e. The van der Waals surface area contributed by atoms with Gasteiger partial charge in [0.25, 0.3) is 5.91 Å². The first-order valence-corrected chi connectivity index (χ1v) is 11.4. The molecule has 38 heavy (non-hydrogen) atoms. The number of ether oxygens (including phenoxy) is 1. The molecule has 0 fully saturated rings. The van der Waals surface area contributed by atoms with Crippen molar-refractivity contribution in [2.45, 2.75) is 32.6 Å². The van der Waals surface area contributed by atoms with Gasteiger partial charge in [-0.25, -0.2) is 9.78 Å². The Kier molecular flexibility index (Phi) is 9.93. The zero-order valence-corrected chi connectivity index (χ0v) is 21.9. The molecule has 1 unspecified atom stereocenters. The van der Waals surface area contributed by atoms with E-state index in [1.807, 2.05) is 12.1 Å². The van der Waals surface area contributed by atoms with E-state index in [0.717, 1.165) is 21.4 Å². The Balaban J connectivity index is 0.000000323. The molecule has 0 bridgehead atoms. The molecular weight excluding hydrogens is 499 g/mol. The molecule has 8 nitrogen and oxygen atoms in total. The Bertz CT molecular complexity index is 1320. The number of halogens is 3. The molecule has 1 aliphatic rings. The average Bonchev–Trinajstić information content (AvgIpc) is 3.33. The summed E-state index contributed by atoms with van der Waals surface area (Å²) in [6.45, 7) is 10.9. The number of allylic oxidation sites excluding steroid dienone is 1. The number of imidazole rings is 1. The first-order chi connectivity index (χ1) is 17.8. The summed E-state index contributed by atoms with van der Waals surface area (Å²) in [4.78, 5) is 28.1. The molecule has 2 aromatic rings. The summed E-state index contributed by atoms with van der Waals surface area (Å²) in [5.74, 6) is 5.38. The maximum Gasteiger partial charge on any atom is 0.449 e. The van der Waals surface area contributed by atoms with Crippen molar-refractivity contribution in [1.82, 2.24) is 25.1 Å². The summed E-state index contributed by atoms with van der Waals surface area (Å²) in [7, 11) is 4.68. The van der Waals surface area contributed by atoms with Crippen molar-refractivity contribution >= 4 is 24.1 Å². The second-order valence-electron chi connectivity index (χ2n) is 8.29. The molecule has 1 aliphatic heterocycles. The molecule has 11 heteroatoms. The minimum atomic E-state index is -4.56. The van der Waals surface area contributed by atoms with E-state index in [9.17, 15) is 22.8 Å². The first-order valence-electron chi connectivity index (χ1n) is 11.4. The van der Waals surface area contributed by atoms with Gasteiger partial charge in [-0.3, -0.25) is 4.79 Å². The highest BCUT2D eigenvalue weighted by Gasteiger charge is 2.37. The lowest BCUT2D eigenvalue weighted by molar-refractivity contribution is -0.146. The van der Waals surface area contributed by atoms with Crippen LogP contribution in [0.15, 0.2) is 43.1 Å². The monoisotopic (exact) mass is 529 g/mol. The lowest BCUT2D eigenvalue weighted by Gasteiger charge is -2.07. The number of hydrogen-bond donors (Lipinski definition) is 2. The van der Waals surface area contributed by atoms with Crippen LogP contribution in [0.4, 0.5) is 18.0 Å². The number of amides is 3. The fourth-order valence-electron chi connectivity index (χ4n) is 3.49. The van der Waals surface area contributed by atoms with Crippen LogP contribution in [-0.2, 0) is 19.8 Å². The van der Waals surface area contributed by atoms with Gasteiger partial charge in [-0.2, -0.15) is 13.2 Å². The second kappa shape index (κ2) is 12.7. The van der Waals surface area contributed by atoms with E-state index < -0.39 is 24.1 Å². The van der Waals surface area contributed by atoms with Gasteiger partial charge in [0.05, 0.1) is 24.5 Å². The van der Waals surface area contributed by atoms with Gasteiger partial charge in [-0.05, 0) is 49.9 Å². The molecular formula is C27H30F3N5O3. The Morgan fingerprint density at radius 3 is 2.55 bits per heavy atom. The van der Waals surface area contributed by atoms with Crippen LogP contribution in [0.25, 0.3) is 12.2 Å². The minimum Gasteiger partial charge on any atom is -0.497 e. The van der Waals surface area contributed by atoms with Crippen molar-refractivity contribution in [2.24, 2.45) is 7.05 Å². The van der Waals surface area contributed by atoms with Crippen molar-refractivity contribution in [3.63, 3.8) is 0 Å². The number of carbonyl (C=O) groups excluding carboxylic acids is 2. The fraction of sp³-hybridized carbons (Fsp3) is 0.296. The lowest BCUT2D eigenvalue weighted by Crippen LogP contribution is -2.37. The van der Waals surface area contributed by atoms with E-state index in [0.29, 0.717) is 12.1 Å². The highest BCUT2D eigenvalue weighted by molar-refractivity contribution is 5.98. The Labute approximate surface area is 219 Å². The number of fused-ring (bicyclic) bond motifs is 1. The third-order valence-corrected chi connectivity index (χ3v) is 5.34. The summed E-state index contributed by atoms with van der Waals surface area (Å²) in [6.07, 6.45) is -0.582. The summed E-state index contributed by atoms with van der Waals surface area (Å²) in [5, 5.41) is 4.90. The molecule has 0 spiro atoms. The molecule has 0 saturated carbocycles. The normalized spacial score (nSPS) is 13.3. The lowest BCUT2D eigenvalue weighted by atomic mass is 10.1. The highest BCUT2D eigenvalue weighted by Crippen LogP contribution is 2.30. The summed E-state index contributed by atoms with van der Waals surface area (Å²) < 4.78 is 44.8. The number of rotatable bonds is 5. The summed E-state index contributed by atoms with van der Waals surface area (Å²) >= 11 is 0. The zero-order chi connectivity index (χ0) is 28.6. The highest BCUT2D eigenvalue weighted by atomic mass is 19.4. The number of urea groups is 1. The minimum absolute atomic E-state index is 0.0777. The topological polar surface area (TPSA) is 88.5 Å². The van der Waals surface area contributed by atoms with Gasteiger partial charge in [0.2, 0.25) is 5.82 Å².